The number of hydrogen-bond acceptors (Lipinski definition) is 2. The highest BCUT2D eigenvalue weighted by molar-refractivity contribution is 6.56. The normalized spacial score (nSPS) is 33.7. The Morgan fingerprint density at radius 1 is 1.12 bits per heavy atom. The standard InChI is InChI=1S/C30H53O3Si/c1-20(2)34(28(4,5)6)33-26-18-19-30(9)24-16-14-21(3)22(12-10-11-13-27(31)32)23(24)15-17-25(30)29(26,7)8/h20,23-26H,10-19H2,1-9H3,(H,31,32)/t23?,24?,25?,26-,30+/m0/s1. The van der Waals surface area contributed by atoms with Gasteiger partial charge in [-0.3, -0.25) is 4.79 Å². The predicted octanol–water partition coefficient (Wildman–Crippen LogP) is 8.80. The molecule has 3 rings (SSSR count). The summed E-state index contributed by atoms with van der Waals surface area (Å²) in [5.41, 5.74) is 4.55. The highest BCUT2D eigenvalue weighted by atomic mass is 28.3. The monoisotopic (exact) mass is 489 g/mol. The van der Waals surface area contributed by atoms with E-state index in [1.807, 2.05) is 0 Å². The molecule has 0 aromatic carbocycles. The first-order valence-corrected chi connectivity index (χ1v) is 15.6. The average molecular weight is 490 g/mol. The molecule has 4 heteroatoms. The lowest BCUT2D eigenvalue weighted by Crippen LogP contribution is -2.58. The van der Waals surface area contributed by atoms with Gasteiger partial charge in [-0.1, -0.05) is 66.5 Å². The van der Waals surface area contributed by atoms with Crippen molar-refractivity contribution in [3.8, 4) is 0 Å². The molecule has 3 aliphatic rings. The highest BCUT2D eigenvalue weighted by Crippen LogP contribution is 2.65. The molecule has 3 unspecified atom stereocenters. The largest absolute Gasteiger partial charge is 0.481 e. The Labute approximate surface area is 212 Å². The van der Waals surface area contributed by atoms with Crippen LogP contribution in [0.5, 0.6) is 0 Å². The van der Waals surface area contributed by atoms with Gasteiger partial charge in [0.05, 0.1) is 6.10 Å². The van der Waals surface area contributed by atoms with Gasteiger partial charge < -0.3 is 9.53 Å². The van der Waals surface area contributed by atoms with Crippen molar-refractivity contribution in [2.45, 2.75) is 143 Å². The molecule has 5 atom stereocenters. The van der Waals surface area contributed by atoms with Crippen LogP contribution in [0, 0.1) is 28.6 Å². The molecule has 0 heterocycles. The molecule has 3 aliphatic carbocycles. The Balaban J connectivity index is 1.77. The Hall–Kier alpha value is -0.613. The van der Waals surface area contributed by atoms with Crippen LogP contribution >= 0.6 is 0 Å². The number of fused-ring (bicyclic) bond motifs is 3. The minimum Gasteiger partial charge on any atom is -0.481 e. The fourth-order valence-corrected chi connectivity index (χ4v) is 11.6. The number of carbonyl (C=O) groups is 1. The summed E-state index contributed by atoms with van der Waals surface area (Å²) in [6.07, 6.45) is 11.4. The smallest absolute Gasteiger partial charge is 0.303 e. The van der Waals surface area contributed by atoms with Crippen molar-refractivity contribution in [1.82, 2.24) is 0 Å². The molecule has 0 aromatic heterocycles. The van der Waals surface area contributed by atoms with Crippen molar-refractivity contribution in [2.24, 2.45) is 28.6 Å². The zero-order valence-corrected chi connectivity index (χ0v) is 24.7. The van der Waals surface area contributed by atoms with Crippen LogP contribution < -0.4 is 0 Å². The third-order valence-electron chi connectivity index (χ3n) is 10.0. The molecule has 0 bridgehead atoms. The average Bonchev–Trinajstić information content (AvgIpc) is 2.70. The minimum absolute atomic E-state index is 0.214. The van der Waals surface area contributed by atoms with Crippen LogP contribution in [0.1, 0.15) is 127 Å². The molecular weight excluding hydrogens is 436 g/mol. The first-order chi connectivity index (χ1) is 15.7. The van der Waals surface area contributed by atoms with E-state index in [1.54, 1.807) is 11.1 Å². The lowest BCUT2D eigenvalue weighted by atomic mass is 9.43. The summed E-state index contributed by atoms with van der Waals surface area (Å²) in [4.78, 5) is 11.0. The van der Waals surface area contributed by atoms with Gasteiger partial charge in [-0.05, 0) is 104 Å². The summed E-state index contributed by atoms with van der Waals surface area (Å²) in [6, 6.07) is 0. The number of allylic oxidation sites excluding steroid dienone is 2. The molecule has 195 valence electrons. The van der Waals surface area contributed by atoms with Gasteiger partial charge in [0, 0.05) is 6.42 Å². The number of carboxylic acids is 1. The molecule has 0 spiro atoms. The lowest BCUT2D eigenvalue weighted by Gasteiger charge is -2.63. The summed E-state index contributed by atoms with van der Waals surface area (Å²) < 4.78 is 7.13. The van der Waals surface area contributed by atoms with E-state index in [0.717, 1.165) is 37.0 Å². The second kappa shape index (κ2) is 10.4. The number of unbranched alkanes of at least 4 members (excludes halogenated alkanes) is 1. The summed E-state index contributed by atoms with van der Waals surface area (Å²) >= 11 is 0. The van der Waals surface area contributed by atoms with E-state index in [0.29, 0.717) is 23.5 Å². The first kappa shape index (κ1) is 28.0. The Morgan fingerprint density at radius 2 is 1.79 bits per heavy atom. The van der Waals surface area contributed by atoms with Gasteiger partial charge in [0.15, 0.2) is 0 Å². The third-order valence-corrected chi connectivity index (χ3v) is 13.1. The van der Waals surface area contributed by atoms with Crippen LogP contribution in [0.25, 0.3) is 0 Å². The van der Waals surface area contributed by atoms with Crippen LogP contribution in [-0.4, -0.2) is 26.2 Å². The number of hydrogen-bond donors (Lipinski definition) is 1. The maximum atomic E-state index is 11.0. The molecule has 0 saturated heterocycles. The fourth-order valence-electron chi connectivity index (χ4n) is 8.55. The number of rotatable bonds is 8. The zero-order valence-electron chi connectivity index (χ0n) is 23.7. The molecular formula is C30H53O3Si. The summed E-state index contributed by atoms with van der Waals surface area (Å²) in [5.74, 6) is 1.57. The van der Waals surface area contributed by atoms with Gasteiger partial charge in [0.2, 0.25) is 9.04 Å². The van der Waals surface area contributed by atoms with Gasteiger partial charge in [0.25, 0.3) is 0 Å². The Bertz CT molecular complexity index is 762. The molecule has 2 saturated carbocycles. The van der Waals surface area contributed by atoms with E-state index in [4.69, 9.17) is 9.53 Å². The molecule has 1 N–H and O–H groups in total. The molecule has 0 aliphatic heterocycles. The molecule has 0 amide bonds. The lowest BCUT2D eigenvalue weighted by molar-refractivity contribution is -0.144. The van der Waals surface area contributed by atoms with Gasteiger partial charge in [-0.15, -0.1) is 0 Å². The number of aliphatic carboxylic acids is 1. The van der Waals surface area contributed by atoms with Gasteiger partial charge in [-0.25, -0.2) is 0 Å². The van der Waals surface area contributed by atoms with Gasteiger partial charge in [-0.2, -0.15) is 0 Å². The van der Waals surface area contributed by atoms with Crippen molar-refractivity contribution in [2.75, 3.05) is 0 Å². The second-order valence-corrected chi connectivity index (χ2v) is 17.6. The fraction of sp³-hybridized carbons (Fsp3) is 0.900. The summed E-state index contributed by atoms with van der Waals surface area (Å²) in [7, 11) is -0.910. The van der Waals surface area contributed by atoms with Crippen LogP contribution in [0.3, 0.4) is 0 Å². The molecule has 1 radical (unpaired) electrons. The Morgan fingerprint density at radius 3 is 2.38 bits per heavy atom. The maximum Gasteiger partial charge on any atom is 0.303 e. The Kier molecular flexibility index (Phi) is 8.55. The predicted molar refractivity (Wildman–Crippen MR) is 144 cm³/mol. The van der Waals surface area contributed by atoms with E-state index in [1.165, 1.54) is 38.5 Å². The minimum atomic E-state index is -0.910. The van der Waals surface area contributed by atoms with E-state index >= 15 is 0 Å². The van der Waals surface area contributed by atoms with E-state index in [2.05, 4.69) is 62.3 Å². The van der Waals surface area contributed by atoms with Crippen LogP contribution in [-0.2, 0) is 9.22 Å². The van der Waals surface area contributed by atoms with Crippen LogP contribution in [0.15, 0.2) is 11.1 Å². The maximum absolute atomic E-state index is 11.0. The molecule has 3 nitrogen and oxygen atoms in total. The molecule has 2 fully saturated rings. The van der Waals surface area contributed by atoms with Crippen molar-refractivity contribution in [3.63, 3.8) is 0 Å². The topological polar surface area (TPSA) is 46.5 Å². The number of carboxylic acid groups (broad SMARTS) is 1. The SMILES string of the molecule is CC1=C(CCCCC(=O)O)C2CCC3C(C)(C)[C@@H](O[Si](C(C)C)C(C)(C)C)CC[C@]3(C)C2CC1. The highest BCUT2D eigenvalue weighted by Gasteiger charge is 2.59. The molecule has 0 aromatic rings. The first-order valence-electron chi connectivity index (χ1n) is 14.1. The quantitative estimate of drug-likeness (QED) is 0.210. The molecule has 34 heavy (non-hydrogen) atoms. The summed E-state index contributed by atoms with van der Waals surface area (Å²) in [5, 5.41) is 9.29. The van der Waals surface area contributed by atoms with Crippen LogP contribution in [0.2, 0.25) is 10.6 Å². The van der Waals surface area contributed by atoms with Gasteiger partial charge >= 0.3 is 5.97 Å². The summed E-state index contributed by atoms with van der Waals surface area (Å²) in [6.45, 7) is 21.9. The van der Waals surface area contributed by atoms with E-state index in [-0.39, 0.29) is 10.5 Å². The van der Waals surface area contributed by atoms with Crippen molar-refractivity contribution < 1.29 is 14.3 Å². The van der Waals surface area contributed by atoms with Crippen molar-refractivity contribution in [3.05, 3.63) is 11.1 Å². The zero-order chi connectivity index (χ0) is 25.5. The van der Waals surface area contributed by atoms with E-state index < -0.39 is 15.0 Å². The second-order valence-electron chi connectivity index (χ2n) is 14.0. The van der Waals surface area contributed by atoms with Gasteiger partial charge in [0.1, 0.15) is 0 Å². The van der Waals surface area contributed by atoms with Crippen molar-refractivity contribution >= 4 is 15.0 Å². The van der Waals surface area contributed by atoms with Crippen molar-refractivity contribution in [1.29, 1.82) is 0 Å². The third kappa shape index (κ3) is 5.53. The van der Waals surface area contributed by atoms with Crippen LogP contribution in [0.4, 0.5) is 0 Å². The van der Waals surface area contributed by atoms with E-state index in [9.17, 15) is 4.79 Å².